The van der Waals surface area contributed by atoms with Crippen LogP contribution in [0.15, 0.2) is 77.6 Å². The molecule has 0 aliphatic heterocycles. The van der Waals surface area contributed by atoms with Gasteiger partial charge in [0.25, 0.3) is 11.5 Å². The maximum absolute atomic E-state index is 13.7. The van der Waals surface area contributed by atoms with Crippen molar-refractivity contribution in [3.63, 3.8) is 0 Å². The summed E-state index contributed by atoms with van der Waals surface area (Å²) in [5, 5.41) is 9.04. The first-order valence-electron chi connectivity index (χ1n) is 13.2. The van der Waals surface area contributed by atoms with Crippen molar-refractivity contribution in [2.45, 2.75) is 20.3 Å². The first-order valence-corrected chi connectivity index (χ1v) is 13.2. The molecule has 8 nitrogen and oxygen atoms in total. The first-order chi connectivity index (χ1) is 18.9. The number of rotatable bonds is 9. The van der Waals surface area contributed by atoms with E-state index in [4.69, 9.17) is 4.74 Å². The Morgan fingerprint density at radius 3 is 2.54 bits per heavy atom. The first kappa shape index (κ1) is 26.0. The van der Waals surface area contributed by atoms with Crippen LogP contribution in [0.5, 0.6) is 5.75 Å². The quantitative estimate of drug-likeness (QED) is 0.280. The third-order valence-corrected chi connectivity index (χ3v) is 7.11. The molecule has 0 aliphatic carbocycles. The molecule has 1 amide bonds. The number of carbonyl (C=O) groups is 1. The predicted octanol–water partition coefficient (Wildman–Crippen LogP) is 4.84. The number of fused-ring (bicyclic) bond motifs is 3. The Hall–Kier alpha value is -4.59. The van der Waals surface area contributed by atoms with Crippen molar-refractivity contribution in [3.05, 3.63) is 94.4 Å². The van der Waals surface area contributed by atoms with Crippen LogP contribution in [-0.4, -0.2) is 47.0 Å². The Balaban J connectivity index is 1.47. The highest BCUT2D eigenvalue weighted by atomic mass is 16.5. The van der Waals surface area contributed by atoms with Gasteiger partial charge in [0.05, 0.1) is 12.8 Å². The van der Waals surface area contributed by atoms with E-state index in [1.165, 1.54) is 15.9 Å². The standard InChI is InChI=1S/C31H33N5O3/c1-5-35(23-11-8-10-21(2)20-23)19-9-18-32-30(37)28-27-25-12-6-7-13-26(25)34(3)29(27)31(38)36(33-28)22-14-16-24(39-4)17-15-22/h6-8,10-17,20H,5,9,18-19H2,1-4H3,(H,32,37). The molecule has 0 atom stereocenters. The van der Waals surface area contributed by atoms with E-state index < -0.39 is 0 Å². The Kier molecular flexibility index (Phi) is 7.36. The molecule has 0 spiro atoms. The fraction of sp³-hybridized carbons (Fsp3) is 0.258. The van der Waals surface area contributed by atoms with Crippen LogP contribution in [0.2, 0.25) is 0 Å². The summed E-state index contributed by atoms with van der Waals surface area (Å²) in [6.07, 6.45) is 0.768. The molecule has 0 radical (unpaired) electrons. The second-order valence-corrected chi connectivity index (χ2v) is 9.59. The Labute approximate surface area is 227 Å². The molecule has 0 unspecified atom stereocenters. The van der Waals surface area contributed by atoms with Gasteiger partial charge >= 0.3 is 0 Å². The lowest BCUT2D eigenvalue weighted by atomic mass is 10.1. The van der Waals surface area contributed by atoms with Gasteiger partial charge in [0.2, 0.25) is 0 Å². The lowest BCUT2D eigenvalue weighted by Gasteiger charge is -2.23. The van der Waals surface area contributed by atoms with Gasteiger partial charge in [0, 0.05) is 48.7 Å². The molecular formula is C31H33N5O3. The number of para-hydroxylation sites is 1. The highest BCUT2D eigenvalue weighted by Gasteiger charge is 2.23. The number of nitrogens with one attached hydrogen (secondary N) is 1. The molecule has 8 heteroatoms. The van der Waals surface area contributed by atoms with Gasteiger partial charge in [-0.1, -0.05) is 30.3 Å². The third kappa shape index (κ3) is 4.97. The third-order valence-electron chi connectivity index (χ3n) is 7.11. The van der Waals surface area contributed by atoms with E-state index in [9.17, 15) is 9.59 Å². The van der Waals surface area contributed by atoms with Crippen molar-refractivity contribution in [1.29, 1.82) is 0 Å². The van der Waals surface area contributed by atoms with Crippen LogP contribution in [0, 0.1) is 6.92 Å². The van der Waals surface area contributed by atoms with E-state index >= 15 is 0 Å². The van der Waals surface area contributed by atoms with Crippen LogP contribution in [-0.2, 0) is 7.05 Å². The Morgan fingerprint density at radius 2 is 1.82 bits per heavy atom. The van der Waals surface area contributed by atoms with Crippen molar-refractivity contribution >= 4 is 33.4 Å². The molecule has 0 saturated carbocycles. The number of carbonyl (C=O) groups excluding carboxylic acids is 1. The number of nitrogens with zero attached hydrogens (tertiary/aromatic N) is 4. The number of benzene rings is 3. The largest absolute Gasteiger partial charge is 0.497 e. The molecule has 0 fully saturated rings. The summed E-state index contributed by atoms with van der Waals surface area (Å²) in [6.45, 7) is 6.39. The molecule has 39 heavy (non-hydrogen) atoms. The monoisotopic (exact) mass is 523 g/mol. The van der Waals surface area contributed by atoms with Gasteiger partial charge in [0.1, 0.15) is 11.3 Å². The second kappa shape index (κ2) is 11.0. The molecule has 1 N–H and O–H groups in total. The minimum Gasteiger partial charge on any atom is -0.497 e. The minimum atomic E-state index is -0.308. The van der Waals surface area contributed by atoms with E-state index in [1.807, 2.05) is 35.9 Å². The molecule has 0 saturated heterocycles. The zero-order valence-electron chi connectivity index (χ0n) is 22.8. The van der Waals surface area contributed by atoms with Crippen molar-refractivity contribution in [2.24, 2.45) is 7.05 Å². The summed E-state index contributed by atoms with van der Waals surface area (Å²) in [6, 6.07) is 23.2. The lowest BCUT2D eigenvalue weighted by Crippen LogP contribution is -2.32. The highest BCUT2D eigenvalue weighted by Crippen LogP contribution is 2.28. The van der Waals surface area contributed by atoms with Crippen molar-refractivity contribution in [3.8, 4) is 11.4 Å². The van der Waals surface area contributed by atoms with Crippen LogP contribution in [0.1, 0.15) is 29.4 Å². The van der Waals surface area contributed by atoms with Crippen molar-refractivity contribution in [1.82, 2.24) is 19.7 Å². The molecule has 200 valence electrons. The smallest absolute Gasteiger partial charge is 0.296 e. The zero-order valence-corrected chi connectivity index (χ0v) is 22.8. The SMILES string of the molecule is CCN(CCCNC(=O)c1nn(-c2ccc(OC)cc2)c(=O)c2c1c1ccccc1n2C)c1cccc(C)c1. The number of hydrogen-bond acceptors (Lipinski definition) is 5. The summed E-state index contributed by atoms with van der Waals surface area (Å²) >= 11 is 0. The van der Waals surface area contributed by atoms with E-state index in [1.54, 1.807) is 31.4 Å². The van der Waals surface area contributed by atoms with Gasteiger partial charge in [-0.15, -0.1) is 0 Å². The fourth-order valence-corrected chi connectivity index (χ4v) is 5.09. The Morgan fingerprint density at radius 1 is 1.05 bits per heavy atom. The summed E-state index contributed by atoms with van der Waals surface area (Å²) in [5.41, 5.74) is 4.18. The van der Waals surface area contributed by atoms with Gasteiger partial charge in [-0.05, 0) is 68.3 Å². The molecule has 0 aliphatic rings. The van der Waals surface area contributed by atoms with Gasteiger partial charge in [-0.3, -0.25) is 9.59 Å². The van der Waals surface area contributed by atoms with Crippen LogP contribution in [0.3, 0.4) is 0 Å². The normalized spacial score (nSPS) is 11.2. The number of amides is 1. The van der Waals surface area contributed by atoms with E-state index in [2.05, 4.69) is 53.4 Å². The molecule has 2 heterocycles. The summed E-state index contributed by atoms with van der Waals surface area (Å²) < 4.78 is 8.40. The summed E-state index contributed by atoms with van der Waals surface area (Å²) in [7, 11) is 3.43. The maximum Gasteiger partial charge on any atom is 0.296 e. The highest BCUT2D eigenvalue weighted by molar-refractivity contribution is 6.16. The van der Waals surface area contributed by atoms with Gasteiger partial charge in [-0.25, -0.2) is 0 Å². The average molecular weight is 524 g/mol. The summed E-state index contributed by atoms with van der Waals surface area (Å²) in [5.74, 6) is 0.361. The Bertz CT molecular complexity index is 1700. The van der Waals surface area contributed by atoms with E-state index in [-0.39, 0.29) is 17.2 Å². The molecular weight excluding hydrogens is 490 g/mol. The average Bonchev–Trinajstić information content (AvgIpc) is 3.26. The molecule has 2 aromatic heterocycles. The molecule has 5 aromatic rings. The lowest BCUT2D eigenvalue weighted by molar-refractivity contribution is 0.0948. The maximum atomic E-state index is 13.7. The number of hydrogen-bond donors (Lipinski definition) is 1. The fourth-order valence-electron chi connectivity index (χ4n) is 5.09. The van der Waals surface area contributed by atoms with Crippen LogP contribution < -0.4 is 20.5 Å². The second-order valence-electron chi connectivity index (χ2n) is 9.59. The molecule has 5 rings (SSSR count). The van der Waals surface area contributed by atoms with Gasteiger partial charge in [0.15, 0.2) is 5.69 Å². The predicted molar refractivity (Wildman–Crippen MR) is 156 cm³/mol. The van der Waals surface area contributed by atoms with Crippen LogP contribution in [0.4, 0.5) is 5.69 Å². The van der Waals surface area contributed by atoms with Crippen LogP contribution >= 0.6 is 0 Å². The van der Waals surface area contributed by atoms with Gasteiger partial charge < -0.3 is 19.5 Å². The van der Waals surface area contributed by atoms with Gasteiger partial charge in [-0.2, -0.15) is 9.78 Å². The molecule has 3 aromatic carbocycles. The number of aryl methyl sites for hydroxylation is 2. The molecule has 0 bridgehead atoms. The number of anilines is 1. The number of aromatic nitrogens is 3. The number of ether oxygens (including phenoxy) is 1. The summed E-state index contributed by atoms with van der Waals surface area (Å²) in [4.78, 5) is 29.6. The van der Waals surface area contributed by atoms with E-state index in [0.29, 0.717) is 28.9 Å². The van der Waals surface area contributed by atoms with Crippen molar-refractivity contribution < 1.29 is 9.53 Å². The van der Waals surface area contributed by atoms with Crippen LogP contribution in [0.25, 0.3) is 27.5 Å². The number of methoxy groups -OCH3 is 1. The topological polar surface area (TPSA) is 81.4 Å². The van der Waals surface area contributed by atoms with Crippen molar-refractivity contribution in [2.75, 3.05) is 31.6 Å². The zero-order chi connectivity index (χ0) is 27.5. The minimum absolute atomic E-state index is 0.225. The van der Waals surface area contributed by atoms with E-state index in [0.717, 1.165) is 30.4 Å².